The Balaban J connectivity index is 1.61. The second-order valence-corrected chi connectivity index (χ2v) is 10.5. The summed E-state index contributed by atoms with van der Waals surface area (Å²) < 4.78 is 1.11. The van der Waals surface area contributed by atoms with E-state index in [0.717, 1.165) is 32.0 Å². The first kappa shape index (κ1) is 21.6. The van der Waals surface area contributed by atoms with Crippen LogP contribution >= 0.6 is 23.1 Å². The van der Waals surface area contributed by atoms with E-state index >= 15 is 0 Å². The molecule has 0 aliphatic carbocycles. The van der Waals surface area contributed by atoms with Crippen LogP contribution < -0.4 is 4.90 Å². The van der Waals surface area contributed by atoms with E-state index in [1.807, 2.05) is 40.9 Å². The fourth-order valence-corrected chi connectivity index (χ4v) is 5.34. The molecule has 31 heavy (non-hydrogen) atoms. The van der Waals surface area contributed by atoms with Crippen LogP contribution in [0.4, 0.5) is 5.13 Å². The molecule has 0 bridgehead atoms. The van der Waals surface area contributed by atoms with Crippen LogP contribution in [-0.2, 0) is 17.8 Å². The predicted octanol–water partition coefficient (Wildman–Crippen LogP) is 6.88. The van der Waals surface area contributed by atoms with Gasteiger partial charge in [-0.2, -0.15) is 0 Å². The van der Waals surface area contributed by atoms with Crippen LogP contribution in [0.3, 0.4) is 0 Å². The molecule has 3 aromatic carbocycles. The number of aromatic nitrogens is 1. The first-order valence-corrected chi connectivity index (χ1v) is 12.2. The number of fused-ring (bicyclic) bond motifs is 1. The summed E-state index contributed by atoms with van der Waals surface area (Å²) in [6.07, 6.45) is 0.356. The molecule has 0 saturated heterocycles. The minimum atomic E-state index is 0.0600. The van der Waals surface area contributed by atoms with Gasteiger partial charge in [0.2, 0.25) is 5.91 Å². The van der Waals surface area contributed by atoms with Crippen molar-refractivity contribution in [1.29, 1.82) is 0 Å². The number of para-hydroxylation sites is 1. The largest absolute Gasteiger partial charge is 0.283 e. The molecule has 4 aromatic rings. The third-order valence-corrected chi connectivity index (χ3v) is 7.03. The monoisotopic (exact) mass is 446 g/mol. The number of anilines is 1. The van der Waals surface area contributed by atoms with Crippen LogP contribution in [0.25, 0.3) is 10.2 Å². The fourth-order valence-electron chi connectivity index (χ4n) is 3.45. The molecule has 5 heteroatoms. The lowest BCUT2D eigenvalue weighted by atomic mass is 10.1. The van der Waals surface area contributed by atoms with Crippen molar-refractivity contribution in [3.05, 3.63) is 89.5 Å². The molecule has 1 heterocycles. The standard InChI is InChI=1S/C26H26N2OS2/c1-18(2)30-22-14-12-20(13-15-22)16-24(29)28(17-21-9-5-4-6-10-21)26-27-25-19(3)8-7-11-23(25)31-26/h4-15,18H,16-17H2,1-3H3. The summed E-state index contributed by atoms with van der Waals surface area (Å²) >= 11 is 3.41. The summed E-state index contributed by atoms with van der Waals surface area (Å²) in [6, 6.07) is 24.6. The summed E-state index contributed by atoms with van der Waals surface area (Å²) in [4.78, 5) is 21.3. The van der Waals surface area contributed by atoms with E-state index in [-0.39, 0.29) is 5.91 Å². The lowest BCUT2D eigenvalue weighted by Crippen LogP contribution is -2.31. The van der Waals surface area contributed by atoms with Crippen molar-refractivity contribution in [2.24, 2.45) is 0 Å². The Hall–Kier alpha value is -2.63. The number of benzene rings is 3. The zero-order chi connectivity index (χ0) is 21.8. The van der Waals surface area contributed by atoms with Gasteiger partial charge in [0.25, 0.3) is 0 Å². The number of hydrogen-bond donors (Lipinski definition) is 0. The van der Waals surface area contributed by atoms with Crippen LogP contribution in [0.5, 0.6) is 0 Å². The highest BCUT2D eigenvalue weighted by molar-refractivity contribution is 7.99. The van der Waals surface area contributed by atoms with Gasteiger partial charge in [-0.1, -0.05) is 79.8 Å². The number of nitrogens with zero attached hydrogens (tertiary/aromatic N) is 2. The maximum absolute atomic E-state index is 13.4. The lowest BCUT2D eigenvalue weighted by Gasteiger charge is -2.20. The van der Waals surface area contributed by atoms with Gasteiger partial charge in [-0.25, -0.2) is 4.98 Å². The van der Waals surface area contributed by atoms with Gasteiger partial charge in [-0.15, -0.1) is 11.8 Å². The van der Waals surface area contributed by atoms with E-state index in [1.54, 1.807) is 11.3 Å². The van der Waals surface area contributed by atoms with E-state index in [1.165, 1.54) is 4.90 Å². The Kier molecular flexibility index (Phi) is 6.73. The van der Waals surface area contributed by atoms with Crippen molar-refractivity contribution in [3.8, 4) is 0 Å². The Morgan fingerprint density at radius 3 is 2.39 bits per heavy atom. The number of thioether (sulfide) groups is 1. The van der Waals surface area contributed by atoms with Gasteiger partial charge >= 0.3 is 0 Å². The number of carbonyl (C=O) groups excluding carboxylic acids is 1. The van der Waals surface area contributed by atoms with Crippen LogP contribution in [0, 0.1) is 6.92 Å². The van der Waals surface area contributed by atoms with E-state index in [0.29, 0.717) is 18.2 Å². The number of aryl methyl sites for hydroxylation is 1. The van der Waals surface area contributed by atoms with Crippen molar-refractivity contribution < 1.29 is 4.79 Å². The average Bonchev–Trinajstić information content (AvgIpc) is 3.19. The van der Waals surface area contributed by atoms with Gasteiger partial charge in [0.05, 0.1) is 23.2 Å². The molecular formula is C26H26N2OS2. The minimum absolute atomic E-state index is 0.0600. The Morgan fingerprint density at radius 1 is 0.968 bits per heavy atom. The van der Waals surface area contributed by atoms with Gasteiger partial charge in [0.15, 0.2) is 5.13 Å². The average molecular weight is 447 g/mol. The molecule has 158 valence electrons. The number of thiazole rings is 1. The van der Waals surface area contributed by atoms with Crippen molar-refractivity contribution in [2.45, 2.75) is 43.9 Å². The van der Waals surface area contributed by atoms with Gasteiger partial charge < -0.3 is 0 Å². The highest BCUT2D eigenvalue weighted by atomic mass is 32.2. The third kappa shape index (κ3) is 5.35. The van der Waals surface area contributed by atoms with Crippen LogP contribution in [0.15, 0.2) is 77.7 Å². The smallest absolute Gasteiger partial charge is 0.233 e. The third-order valence-electron chi connectivity index (χ3n) is 4.98. The molecule has 0 atom stereocenters. The first-order valence-electron chi connectivity index (χ1n) is 10.5. The Labute approximate surface area is 192 Å². The van der Waals surface area contributed by atoms with Gasteiger partial charge in [0.1, 0.15) is 0 Å². The summed E-state index contributed by atoms with van der Waals surface area (Å²) in [5, 5.41) is 1.29. The fraction of sp³-hybridized carbons (Fsp3) is 0.231. The van der Waals surface area contributed by atoms with Crippen molar-refractivity contribution >= 4 is 44.4 Å². The Morgan fingerprint density at radius 2 is 1.71 bits per heavy atom. The van der Waals surface area contributed by atoms with Gasteiger partial charge in [-0.05, 0) is 41.8 Å². The molecule has 0 aliphatic rings. The molecule has 4 rings (SSSR count). The molecule has 1 aromatic heterocycles. The molecule has 0 N–H and O–H groups in total. The Bertz CT molecular complexity index is 1170. The summed E-state index contributed by atoms with van der Waals surface area (Å²) in [5.74, 6) is 0.0600. The van der Waals surface area contributed by atoms with E-state index in [4.69, 9.17) is 4.98 Å². The first-order chi connectivity index (χ1) is 15.0. The maximum atomic E-state index is 13.4. The SMILES string of the molecule is Cc1cccc2sc(N(Cc3ccccc3)C(=O)Cc3ccc(SC(C)C)cc3)nc12. The van der Waals surface area contributed by atoms with Crippen LogP contribution in [-0.4, -0.2) is 16.1 Å². The molecule has 1 amide bonds. The second-order valence-electron chi connectivity index (χ2n) is 7.87. The quantitative estimate of drug-likeness (QED) is 0.290. The van der Waals surface area contributed by atoms with Crippen LogP contribution in [0.1, 0.15) is 30.5 Å². The van der Waals surface area contributed by atoms with Crippen molar-refractivity contribution in [2.75, 3.05) is 4.90 Å². The molecular weight excluding hydrogens is 420 g/mol. The van der Waals surface area contributed by atoms with Gasteiger partial charge in [0, 0.05) is 10.1 Å². The van der Waals surface area contributed by atoms with E-state index in [9.17, 15) is 4.79 Å². The van der Waals surface area contributed by atoms with Crippen molar-refractivity contribution in [3.63, 3.8) is 0 Å². The van der Waals surface area contributed by atoms with E-state index < -0.39 is 0 Å². The molecule has 0 unspecified atom stereocenters. The summed E-state index contributed by atoms with van der Waals surface area (Å²) in [7, 11) is 0. The second kappa shape index (κ2) is 9.67. The molecule has 0 saturated carbocycles. The normalized spacial score (nSPS) is 11.2. The predicted molar refractivity (Wildman–Crippen MR) is 133 cm³/mol. The lowest BCUT2D eigenvalue weighted by molar-refractivity contribution is -0.118. The zero-order valence-electron chi connectivity index (χ0n) is 18.0. The highest BCUT2D eigenvalue weighted by Crippen LogP contribution is 2.32. The maximum Gasteiger partial charge on any atom is 0.233 e. The summed E-state index contributed by atoms with van der Waals surface area (Å²) in [6.45, 7) is 6.94. The summed E-state index contributed by atoms with van der Waals surface area (Å²) in [5.41, 5.74) is 4.22. The van der Waals surface area contributed by atoms with Crippen LogP contribution in [0.2, 0.25) is 0 Å². The molecule has 3 nitrogen and oxygen atoms in total. The minimum Gasteiger partial charge on any atom is -0.283 e. The molecule has 0 spiro atoms. The molecule has 0 aliphatic heterocycles. The number of hydrogen-bond acceptors (Lipinski definition) is 4. The number of rotatable bonds is 7. The van der Waals surface area contributed by atoms with Crippen molar-refractivity contribution in [1.82, 2.24) is 4.98 Å². The van der Waals surface area contributed by atoms with Gasteiger partial charge in [-0.3, -0.25) is 9.69 Å². The number of carbonyl (C=O) groups is 1. The topological polar surface area (TPSA) is 33.2 Å². The highest BCUT2D eigenvalue weighted by Gasteiger charge is 2.21. The molecule has 0 radical (unpaired) electrons. The zero-order valence-corrected chi connectivity index (χ0v) is 19.7. The number of amides is 1. The molecule has 0 fully saturated rings. The van der Waals surface area contributed by atoms with E-state index in [2.05, 4.69) is 69.3 Å².